The van der Waals surface area contributed by atoms with E-state index in [9.17, 15) is 0 Å². The molecule has 0 spiro atoms. The smallest absolute Gasteiger partial charge is 0.324 e. The molecule has 0 radical (unpaired) electrons. The van der Waals surface area contributed by atoms with E-state index in [-0.39, 0.29) is 54.5 Å². The van der Waals surface area contributed by atoms with E-state index in [0.717, 1.165) is 17.1 Å². The van der Waals surface area contributed by atoms with Gasteiger partial charge in [-0.15, -0.1) is 0 Å². The Balaban J connectivity index is 1.17. The quantitative estimate of drug-likeness (QED) is 0.0939. The first-order valence-electron chi connectivity index (χ1n) is 24.3. The molecule has 2 atom stereocenters. The number of carbonyl (C=O) groups is 1. The molecule has 6 heterocycles. The van der Waals surface area contributed by atoms with Crippen LogP contribution in [0.3, 0.4) is 0 Å². The largest absolute Gasteiger partial charge is 0.407 e. The first-order chi connectivity index (χ1) is 35.7. The molecule has 1 aliphatic carbocycles. The predicted octanol–water partition coefficient (Wildman–Crippen LogP) is 8.81. The summed E-state index contributed by atoms with van der Waals surface area (Å²) in [7, 11) is 7.38. The number of anilines is 6. The molecule has 2 saturated heterocycles. The van der Waals surface area contributed by atoms with E-state index >= 15 is 31.1 Å². The van der Waals surface area contributed by atoms with Gasteiger partial charge in [0.1, 0.15) is 12.7 Å². The molecule has 22 heteroatoms. The van der Waals surface area contributed by atoms with Crippen molar-refractivity contribution in [2.45, 2.75) is 51.1 Å². The van der Waals surface area contributed by atoms with Crippen LogP contribution in [-0.4, -0.2) is 157 Å². The number of nitrogens with zero attached hydrogens (tertiary/aromatic N) is 13. The molecule has 0 bridgehead atoms. The van der Waals surface area contributed by atoms with Crippen molar-refractivity contribution in [3.8, 4) is 22.5 Å². The Morgan fingerprint density at radius 1 is 0.667 bits per heavy atom. The van der Waals surface area contributed by atoms with Gasteiger partial charge in [0.25, 0.3) is 5.91 Å². The number of likely N-dealkylation sites (tertiary alicyclic amines) is 2. The number of hydrogen-bond donors (Lipinski definition) is 2. The maximum absolute atomic E-state index is 16.5. The first-order valence-corrected chi connectivity index (χ1v) is 24.3. The van der Waals surface area contributed by atoms with Crippen molar-refractivity contribution in [1.82, 2.24) is 59.5 Å². The van der Waals surface area contributed by atoms with Gasteiger partial charge in [0.15, 0.2) is 5.41 Å². The van der Waals surface area contributed by atoms with E-state index in [4.69, 9.17) is 0 Å². The maximum atomic E-state index is 16.5. The van der Waals surface area contributed by atoms with E-state index in [2.05, 4.69) is 50.5 Å². The van der Waals surface area contributed by atoms with Crippen molar-refractivity contribution in [1.29, 1.82) is 0 Å². The molecule has 4 aromatic heterocycles. The minimum absolute atomic E-state index is 0.0716. The van der Waals surface area contributed by atoms with Crippen molar-refractivity contribution >= 4 is 40.6 Å². The number of hydrogen-bond acceptors (Lipinski definition) is 15. The fraction of sp³-hybridized carbons (Fsp3) is 0.377. The van der Waals surface area contributed by atoms with Crippen LogP contribution >= 0.6 is 0 Å². The number of aryl methyl sites for hydroxylation is 2. The third-order valence-electron chi connectivity index (χ3n) is 14.5. The molecule has 9 rings (SSSR count). The summed E-state index contributed by atoms with van der Waals surface area (Å²) in [4.78, 5) is 58.3. The Morgan fingerprint density at radius 3 is 1.51 bits per heavy atom. The van der Waals surface area contributed by atoms with Crippen LogP contribution in [0.4, 0.5) is 61.0 Å². The summed E-state index contributed by atoms with van der Waals surface area (Å²) in [5.41, 5.74) is -3.39. The molecule has 0 saturated carbocycles. The highest BCUT2D eigenvalue weighted by Gasteiger charge is 2.78. The zero-order valence-corrected chi connectivity index (χ0v) is 42.3. The summed E-state index contributed by atoms with van der Waals surface area (Å²) in [5, 5.41) is 6.38. The lowest BCUT2D eigenvalue weighted by atomic mass is 9.58. The molecule has 2 aromatic carbocycles. The Bertz CT molecular complexity index is 2890. The van der Waals surface area contributed by atoms with E-state index in [0.29, 0.717) is 70.9 Å². The highest BCUT2D eigenvalue weighted by atomic mass is 19.4. The lowest BCUT2D eigenvalue weighted by Gasteiger charge is -2.53. The van der Waals surface area contributed by atoms with Gasteiger partial charge in [-0.2, -0.15) is 26.3 Å². The van der Waals surface area contributed by atoms with Gasteiger partial charge >= 0.3 is 12.4 Å². The lowest BCUT2D eigenvalue weighted by Crippen LogP contribution is -2.66. The standard InChI is InChI=1S/C53H57F6N15O/c1-34-7-9-39(21-45(34)68-48-64-17-12-43(66-48)37-24-60-32-61-25-37)74(40-10-8-35(2)46(22-40)69-49-65-18-13-44(67-49)38-26-62-33-63-27-38)47(75)36-11-16-50(30-72-19-14-41(28-72)70(3)4,31-73-20-15-42(29-73)71(5)6)51(23-36,52(54,55)56)53(57,58)59/h7-13,16-18,21-27,32-33,41-42H,14-15,19-20,28-31H2,1-6H3,(H,64,66,68)(H,65,67,69)/t41-,42-/m0/s1. The highest BCUT2D eigenvalue weighted by Crippen LogP contribution is 2.64. The summed E-state index contributed by atoms with van der Waals surface area (Å²) in [6, 6.07) is 12.8. The normalized spacial score (nSPS) is 18.9. The van der Waals surface area contributed by atoms with Crippen LogP contribution in [-0.2, 0) is 4.79 Å². The van der Waals surface area contributed by atoms with Crippen LogP contribution in [0.5, 0.6) is 0 Å². The van der Waals surface area contributed by atoms with Gasteiger partial charge in [0, 0.05) is 109 Å². The number of rotatable bonds is 15. The Morgan fingerprint density at radius 2 is 1.11 bits per heavy atom. The topological polar surface area (TPSA) is 160 Å². The second-order valence-corrected chi connectivity index (χ2v) is 19.8. The zero-order chi connectivity index (χ0) is 53.3. The van der Waals surface area contributed by atoms with Gasteiger partial charge in [-0.3, -0.25) is 9.69 Å². The third kappa shape index (κ3) is 10.8. The average Bonchev–Trinajstić information content (AvgIpc) is 4.07. The number of alkyl halides is 6. The first kappa shape index (κ1) is 52.6. The monoisotopic (exact) mass is 1030 g/mol. The molecule has 6 aromatic rings. The summed E-state index contributed by atoms with van der Waals surface area (Å²) in [5.74, 6) is -0.839. The SMILES string of the molecule is Cc1ccc(N(C(=O)C2=CC(C(F)(F)F)(C(F)(F)F)C(CN3CC[C@H](N(C)C)C3)(CN3CC[C@H](N(C)C)C3)C=C2)c2ccc(C)c(Nc3nccc(-c4cncnc4)n3)c2)cc1Nc1nccc(-c2cncnc2)n1. The fourth-order valence-corrected chi connectivity index (χ4v) is 10.3. The second-order valence-electron chi connectivity index (χ2n) is 19.8. The number of likely N-dealkylation sites (N-methyl/N-ethyl adjacent to an activating group) is 2. The molecular formula is C53H57F6N15O. The molecule has 2 fully saturated rings. The Kier molecular flexibility index (Phi) is 14.8. The number of amides is 1. The maximum Gasteiger partial charge on any atom is 0.407 e. The zero-order valence-electron chi connectivity index (χ0n) is 42.3. The number of benzene rings is 2. The summed E-state index contributed by atoms with van der Waals surface area (Å²) in [6.45, 7) is 3.60. The van der Waals surface area contributed by atoms with Gasteiger partial charge in [-0.05, 0) is 122 Å². The molecule has 75 heavy (non-hydrogen) atoms. The third-order valence-corrected chi connectivity index (χ3v) is 14.5. The van der Waals surface area contributed by atoms with Crippen LogP contribution in [0.1, 0.15) is 24.0 Å². The second kappa shape index (κ2) is 21.2. The van der Waals surface area contributed by atoms with E-state index < -0.39 is 47.8 Å². The van der Waals surface area contributed by atoms with Crippen molar-refractivity contribution < 1.29 is 31.1 Å². The molecule has 16 nitrogen and oxygen atoms in total. The summed E-state index contributed by atoms with van der Waals surface area (Å²) in [6.07, 6.45) is 3.82. The van der Waals surface area contributed by atoms with Crippen LogP contribution < -0.4 is 15.5 Å². The number of carbonyl (C=O) groups excluding carboxylic acids is 1. The van der Waals surface area contributed by atoms with Crippen molar-refractivity contribution in [3.05, 3.63) is 133 Å². The van der Waals surface area contributed by atoms with Gasteiger partial charge in [-0.25, -0.2) is 39.9 Å². The van der Waals surface area contributed by atoms with Crippen LogP contribution in [0.25, 0.3) is 22.5 Å². The molecular weight excluding hydrogens is 977 g/mol. The molecule has 2 aliphatic heterocycles. The van der Waals surface area contributed by atoms with Crippen LogP contribution in [0.2, 0.25) is 0 Å². The highest BCUT2D eigenvalue weighted by molar-refractivity contribution is 6.13. The van der Waals surface area contributed by atoms with E-state index in [1.54, 1.807) is 97.0 Å². The minimum atomic E-state index is -5.92. The predicted molar refractivity (Wildman–Crippen MR) is 273 cm³/mol. The fourth-order valence-electron chi connectivity index (χ4n) is 10.3. The van der Waals surface area contributed by atoms with Crippen molar-refractivity contribution in [3.63, 3.8) is 0 Å². The molecule has 392 valence electrons. The van der Waals surface area contributed by atoms with E-state index in [1.165, 1.54) is 25.0 Å². The number of aromatic nitrogens is 8. The molecule has 0 unspecified atom stereocenters. The van der Waals surface area contributed by atoms with Gasteiger partial charge in [-0.1, -0.05) is 24.3 Å². The minimum Gasteiger partial charge on any atom is -0.324 e. The van der Waals surface area contributed by atoms with Gasteiger partial charge in [0.2, 0.25) is 11.9 Å². The Labute approximate surface area is 430 Å². The number of halogens is 6. The lowest BCUT2D eigenvalue weighted by molar-refractivity contribution is -0.353. The Hall–Kier alpha value is -7.27. The van der Waals surface area contributed by atoms with Crippen molar-refractivity contribution in [2.24, 2.45) is 10.8 Å². The van der Waals surface area contributed by atoms with Gasteiger partial charge in [0.05, 0.1) is 22.8 Å². The van der Waals surface area contributed by atoms with Crippen molar-refractivity contribution in [2.75, 3.05) is 83.0 Å². The van der Waals surface area contributed by atoms with Crippen LogP contribution in [0.15, 0.2) is 122 Å². The van der Waals surface area contributed by atoms with Gasteiger partial charge < -0.3 is 30.2 Å². The molecule has 1 amide bonds. The number of allylic oxidation sites excluding steroid dienone is 1. The average molecular weight is 1030 g/mol. The number of nitrogens with one attached hydrogen (secondary N) is 2. The van der Waals surface area contributed by atoms with E-state index in [1.807, 2.05) is 38.0 Å². The van der Waals surface area contributed by atoms with Crippen LogP contribution in [0, 0.1) is 24.7 Å². The molecule has 2 N–H and O–H groups in total. The summed E-state index contributed by atoms with van der Waals surface area (Å²) >= 11 is 0. The summed E-state index contributed by atoms with van der Waals surface area (Å²) < 4.78 is 98.9. The molecule has 3 aliphatic rings.